The van der Waals surface area contributed by atoms with Crippen molar-refractivity contribution in [2.75, 3.05) is 0 Å². The van der Waals surface area contributed by atoms with E-state index in [4.69, 9.17) is 23.2 Å². The summed E-state index contributed by atoms with van der Waals surface area (Å²) >= 11 is 12.8. The van der Waals surface area contributed by atoms with Gasteiger partial charge in [0.05, 0.1) is 10.0 Å². The molecule has 0 heterocycles. The molecule has 26 heavy (non-hydrogen) atoms. The Morgan fingerprint density at radius 3 is 1.19 bits per heavy atom. The van der Waals surface area contributed by atoms with Gasteiger partial charge in [0.25, 0.3) is 0 Å². The number of halogens is 2. The summed E-state index contributed by atoms with van der Waals surface area (Å²) in [6, 6.07) is 19.8. The van der Waals surface area contributed by atoms with Gasteiger partial charge in [-0.15, -0.1) is 0 Å². The van der Waals surface area contributed by atoms with Gasteiger partial charge in [-0.05, 0) is 50.2 Å². The van der Waals surface area contributed by atoms with Crippen LogP contribution >= 0.6 is 23.2 Å². The predicted octanol–water partition coefficient (Wildman–Crippen LogP) is 6.41. The molecular formula is C24H16Cl2. The van der Waals surface area contributed by atoms with Crippen LogP contribution in [0.5, 0.6) is 0 Å². The van der Waals surface area contributed by atoms with Crippen LogP contribution < -0.4 is 0 Å². The van der Waals surface area contributed by atoms with E-state index in [2.05, 4.69) is 23.7 Å². The van der Waals surface area contributed by atoms with Gasteiger partial charge in [-0.25, -0.2) is 0 Å². The van der Waals surface area contributed by atoms with Crippen molar-refractivity contribution < 1.29 is 0 Å². The largest absolute Gasteiger partial charge is 0.0813 e. The quantitative estimate of drug-likeness (QED) is 0.398. The van der Waals surface area contributed by atoms with Crippen molar-refractivity contribution in [3.05, 3.63) is 104 Å². The molecule has 0 N–H and O–H groups in total. The minimum Gasteiger partial charge on any atom is -0.0813 e. The lowest BCUT2D eigenvalue weighted by molar-refractivity contribution is 1.46. The van der Waals surface area contributed by atoms with E-state index >= 15 is 0 Å². The molecule has 0 aromatic heterocycles. The summed E-state index contributed by atoms with van der Waals surface area (Å²) < 4.78 is 0. The topological polar surface area (TPSA) is 0 Å². The molecule has 0 amide bonds. The van der Waals surface area contributed by atoms with Crippen LogP contribution in [0, 0.1) is 37.5 Å². The Hall–Kier alpha value is -2.64. The zero-order valence-corrected chi connectivity index (χ0v) is 16.0. The molecule has 0 atom stereocenters. The average Bonchev–Trinajstić information content (AvgIpc) is 2.65. The van der Waals surface area contributed by atoms with E-state index in [0.717, 1.165) is 11.1 Å². The van der Waals surface area contributed by atoms with Crippen LogP contribution in [0.4, 0.5) is 0 Å². The van der Waals surface area contributed by atoms with E-state index in [1.54, 1.807) is 0 Å². The van der Waals surface area contributed by atoms with Crippen LogP contribution in [0.3, 0.4) is 0 Å². The maximum atomic E-state index is 6.39. The Morgan fingerprint density at radius 2 is 0.846 bits per heavy atom. The second kappa shape index (κ2) is 8.16. The summed E-state index contributed by atoms with van der Waals surface area (Å²) in [6.45, 7) is 4.09. The number of aryl methyl sites for hydroxylation is 2. The van der Waals surface area contributed by atoms with Crippen molar-refractivity contribution in [1.29, 1.82) is 0 Å². The van der Waals surface area contributed by atoms with Crippen LogP contribution in [0.25, 0.3) is 0 Å². The highest BCUT2D eigenvalue weighted by Gasteiger charge is 2.07. The van der Waals surface area contributed by atoms with Crippen molar-refractivity contribution in [2.24, 2.45) is 0 Å². The molecule has 0 saturated heterocycles. The first-order chi connectivity index (χ1) is 12.5. The number of hydrogen-bond acceptors (Lipinski definition) is 0. The summed E-state index contributed by atoms with van der Waals surface area (Å²) in [4.78, 5) is 0. The van der Waals surface area contributed by atoms with Crippen LogP contribution in [0.1, 0.15) is 33.4 Å². The highest BCUT2D eigenvalue weighted by atomic mass is 35.5. The minimum atomic E-state index is 0.432. The fraction of sp³-hybridized carbons (Fsp3) is 0.0833. The first-order valence-electron chi connectivity index (χ1n) is 8.18. The molecule has 0 radical (unpaired) electrons. The van der Waals surface area contributed by atoms with Gasteiger partial charge < -0.3 is 0 Å². The number of benzene rings is 3. The Balaban J connectivity index is 1.87. The Kier molecular flexibility index (Phi) is 5.70. The molecule has 0 saturated carbocycles. The Labute approximate surface area is 164 Å². The van der Waals surface area contributed by atoms with Gasteiger partial charge in [0, 0.05) is 22.3 Å². The van der Waals surface area contributed by atoms with Crippen LogP contribution in [0.15, 0.2) is 60.7 Å². The lowest BCUT2D eigenvalue weighted by atomic mass is 10.1. The van der Waals surface area contributed by atoms with Crippen molar-refractivity contribution in [3.63, 3.8) is 0 Å². The molecule has 0 unspecified atom stereocenters. The molecule has 2 heteroatoms. The molecule has 3 aromatic rings. The van der Waals surface area contributed by atoms with Gasteiger partial charge in [0.15, 0.2) is 0 Å². The first-order valence-corrected chi connectivity index (χ1v) is 8.94. The molecule has 0 nitrogen and oxygen atoms in total. The molecule has 0 bridgehead atoms. The third-order valence-corrected chi connectivity index (χ3v) is 4.75. The predicted molar refractivity (Wildman–Crippen MR) is 111 cm³/mol. The molecule has 0 fully saturated rings. The fourth-order valence-electron chi connectivity index (χ4n) is 2.30. The number of hydrogen-bond donors (Lipinski definition) is 0. The van der Waals surface area contributed by atoms with Crippen molar-refractivity contribution >= 4 is 23.2 Å². The highest BCUT2D eigenvalue weighted by Crippen LogP contribution is 2.28. The molecule has 0 aliphatic carbocycles. The molecule has 0 aliphatic rings. The Bertz CT molecular complexity index is 963. The van der Waals surface area contributed by atoms with Crippen molar-refractivity contribution in [3.8, 4) is 23.7 Å². The van der Waals surface area contributed by atoms with E-state index < -0.39 is 0 Å². The maximum absolute atomic E-state index is 6.39. The summed E-state index contributed by atoms with van der Waals surface area (Å²) in [5, 5.41) is 0.865. The second-order valence-corrected chi connectivity index (χ2v) is 6.78. The zero-order valence-electron chi connectivity index (χ0n) is 14.5. The lowest BCUT2D eigenvalue weighted by Crippen LogP contribution is -1.85. The minimum absolute atomic E-state index is 0.432. The van der Waals surface area contributed by atoms with Crippen molar-refractivity contribution in [2.45, 2.75) is 13.8 Å². The molecule has 0 spiro atoms. The monoisotopic (exact) mass is 374 g/mol. The van der Waals surface area contributed by atoms with Crippen LogP contribution in [-0.4, -0.2) is 0 Å². The van der Waals surface area contributed by atoms with E-state index in [0.29, 0.717) is 21.2 Å². The highest BCUT2D eigenvalue weighted by molar-refractivity contribution is 6.43. The smallest absolute Gasteiger partial charge is 0.0761 e. The van der Waals surface area contributed by atoms with E-state index in [1.165, 1.54) is 11.1 Å². The van der Waals surface area contributed by atoms with Crippen LogP contribution in [0.2, 0.25) is 10.0 Å². The lowest BCUT2D eigenvalue weighted by Gasteiger charge is -2.02. The summed E-state index contributed by atoms with van der Waals surface area (Å²) in [5.41, 5.74) is 5.66. The van der Waals surface area contributed by atoms with E-state index in [1.807, 2.05) is 74.5 Å². The molecule has 3 aromatic carbocycles. The molecule has 0 aliphatic heterocycles. The van der Waals surface area contributed by atoms with E-state index in [9.17, 15) is 0 Å². The molecule has 126 valence electrons. The summed E-state index contributed by atoms with van der Waals surface area (Å²) in [5.74, 6) is 12.4. The number of rotatable bonds is 0. The molecule has 3 rings (SSSR count). The van der Waals surface area contributed by atoms with Gasteiger partial charge >= 0.3 is 0 Å². The van der Waals surface area contributed by atoms with Gasteiger partial charge in [-0.1, -0.05) is 82.3 Å². The van der Waals surface area contributed by atoms with Crippen molar-refractivity contribution in [1.82, 2.24) is 0 Å². The normalized spacial score (nSPS) is 9.69. The Morgan fingerprint density at radius 1 is 0.500 bits per heavy atom. The first kappa shape index (κ1) is 18.2. The summed E-state index contributed by atoms with van der Waals surface area (Å²) in [6.07, 6.45) is 0. The second-order valence-electron chi connectivity index (χ2n) is 6.02. The third-order valence-electron chi connectivity index (χ3n) is 3.87. The van der Waals surface area contributed by atoms with Gasteiger partial charge in [0.1, 0.15) is 0 Å². The molecular weight excluding hydrogens is 359 g/mol. The van der Waals surface area contributed by atoms with Gasteiger partial charge in [0.2, 0.25) is 0 Å². The summed E-state index contributed by atoms with van der Waals surface area (Å²) in [7, 11) is 0. The van der Waals surface area contributed by atoms with Gasteiger partial charge in [-0.2, -0.15) is 0 Å². The van der Waals surface area contributed by atoms with Crippen LogP contribution in [-0.2, 0) is 0 Å². The SMILES string of the molecule is Cc1ccc(C#Cc2ccc(C#Cc3ccc(C)cc3)c(Cl)c2Cl)cc1. The van der Waals surface area contributed by atoms with E-state index in [-0.39, 0.29) is 0 Å². The third kappa shape index (κ3) is 4.50. The average molecular weight is 375 g/mol. The fourth-order valence-corrected chi connectivity index (χ4v) is 2.72. The standard InChI is InChI=1S/C24H16Cl2/c1-17-3-7-19(8-4-17)11-13-21-15-16-22(24(26)23(21)25)14-12-20-9-5-18(2)6-10-20/h3-10,15-16H,1-2H3. The zero-order chi connectivity index (χ0) is 18.5. The maximum Gasteiger partial charge on any atom is 0.0761 e. The van der Waals surface area contributed by atoms with Gasteiger partial charge in [-0.3, -0.25) is 0 Å².